The largest absolute Gasteiger partial charge is 0.322 e. The first-order valence-electron chi connectivity index (χ1n) is 9.50. The van der Waals surface area contributed by atoms with Gasteiger partial charge in [-0.1, -0.05) is 30.3 Å². The highest BCUT2D eigenvalue weighted by atomic mass is 32.1. The predicted molar refractivity (Wildman–Crippen MR) is 114 cm³/mol. The summed E-state index contributed by atoms with van der Waals surface area (Å²) in [7, 11) is 2.16. The highest BCUT2D eigenvalue weighted by Crippen LogP contribution is 2.43. The second-order valence-corrected chi connectivity index (χ2v) is 8.37. The zero-order chi connectivity index (χ0) is 19.3. The molecule has 0 spiro atoms. The number of carbonyl (C=O) groups excluding carboxylic acids is 1. The first-order chi connectivity index (χ1) is 13.6. The fourth-order valence-corrected chi connectivity index (χ4v) is 5.21. The molecule has 0 bridgehead atoms. The van der Waals surface area contributed by atoms with Crippen molar-refractivity contribution in [1.29, 1.82) is 0 Å². The smallest absolute Gasteiger partial charge is 0.171 e. The number of thiophene rings is 1. The first-order valence-corrected chi connectivity index (χ1v) is 10.3. The van der Waals surface area contributed by atoms with E-state index in [1.54, 1.807) is 6.92 Å². The topological polar surface area (TPSA) is 38.1 Å². The van der Waals surface area contributed by atoms with Crippen LogP contribution in [0.15, 0.2) is 54.9 Å². The molecule has 28 heavy (non-hydrogen) atoms. The fourth-order valence-electron chi connectivity index (χ4n) is 4.11. The summed E-state index contributed by atoms with van der Waals surface area (Å²) in [6.45, 7) is 3.53. The lowest BCUT2D eigenvalue weighted by Gasteiger charge is -2.27. The lowest BCUT2D eigenvalue weighted by Crippen LogP contribution is -2.28. The van der Waals surface area contributed by atoms with Crippen LogP contribution in [0.3, 0.4) is 0 Å². The summed E-state index contributed by atoms with van der Waals surface area (Å²) in [4.78, 5) is 21.6. The standard InChI is InChI=1S/C23H21N3OS/c1-15(27)22-21(26-11-6-7-12-26)20-19(16-8-4-3-5-9-16)17-14-25(2)13-10-18(17)24-23(20)28-22/h3-9,11-12H,10,13-14H2,1-2H3. The Kier molecular flexibility index (Phi) is 4.14. The second kappa shape index (κ2) is 6.69. The maximum atomic E-state index is 12.5. The molecule has 0 amide bonds. The van der Waals surface area contributed by atoms with Gasteiger partial charge in [0.1, 0.15) is 4.83 Å². The summed E-state index contributed by atoms with van der Waals surface area (Å²) in [5.41, 5.74) is 5.82. The maximum Gasteiger partial charge on any atom is 0.171 e. The van der Waals surface area contributed by atoms with Crippen molar-refractivity contribution in [3.05, 3.63) is 71.0 Å². The fraction of sp³-hybridized carbons (Fsp3) is 0.217. The van der Waals surface area contributed by atoms with Gasteiger partial charge in [0.15, 0.2) is 5.78 Å². The van der Waals surface area contributed by atoms with Crippen LogP contribution in [0.1, 0.15) is 27.9 Å². The summed E-state index contributed by atoms with van der Waals surface area (Å²) >= 11 is 1.52. The van der Waals surface area contributed by atoms with Crippen molar-refractivity contribution in [2.24, 2.45) is 0 Å². The van der Waals surface area contributed by atoms with Crippen molar-refractivity contribution in [2.45, 2.75) is 19.9 Å². The van der Waals surface area contributed by atoms with Crippen molar-refractivity contribution < 1.29 is 4.79 Å². The summed E-state index contributed by atoms with van der Waals surface area (Å²) < 4.78 is 2.06. The van der Waals surface area contributed by atoms with Crippen molar-refractivity contribution in [2.75, 3.05) is 13.6 Å². The average Bonchev–Trinajstić information content (AvgIpc) is 3.34. The van der Waals surface area contributed by atoms with Crippen molar-refractivity contribution in [1.82, 2.24) is 14.5 Å². The average molecular weight is 388 g/mol. The number of pyridine rings is 1. The van der Waals surface area contributed by atoms with Gasteiger partial charge in [0, 0.05) is 55.5 Å². The molecule has 0 saturated carbocycles. The molecule has 1 aromatic carbocycles. The number of hydrogen-bond acceptors (Lipinski definition) is 4. The van der Waals surface area contributed by atoms with Crippen molar-refractivity contribution in [3.63, 3.8) is 0 Å². The number of aromatic nitrogens is 2. The predicted octanol–water partition coefficient (Wildman–Crippen LogP) is 4.94. The summed E-state index contributed by atoms with van der Waals surface area (Å²) in [6, 6.07) is 14.5. The minimum absolute atomic E-state index is 0.0841. The lowest BCUT2D eigenvalue weighted by molar-refractivity contribution is 0.102. The molecule has 0 saturated heterocycles. The number of benzene rings is 1. The molecule has 0 atom stereocenters. The minimum atomic E-state index is 0.0841. The van der Waals surface area contributed by atoms with E-state index in [0.717, 1.165) is 40.3 Å². The number of ketones is 1. The number of Topliss-reactive ketones (excluding diaryl/α,β-unsaturated/α-hetero) is 1. The molecule has 0 N–H and O–H groups in total. The zero-order valence-electron chi connectivity index (χ0n) is 16.0. The Labute approximate surface area is 168 Å². The van der Waals surface area contributed by atoms with Crippen LogP contribution >= 0.6 is 11.3 Å². The van der Waals surface area contributed by atoms with Crippen LogP contribution < -0.4 is 0 Å². The van der Waals surface area contributed by atoms with Crippen molar-refractivity contribution >= 4 is 27.3 Å². The number of hydrogen-bond donors (Lipinski definition) is 0. The van der Waals surface area contributed by atoms with Crippen LogP contribution in [0.25, 0.3) is 27.0 Å². The molecule has 3 aromatic heterocycles. The quantitative estimate of drug-likeness (QED) is 0.467. The van der Waals surface area contributed by atoms with Crippen LogP contribution in [0.4, 0.5) is 0 Å². The van der Waals surface area contributed by atoms with Gasteiger partial charge in [-0.25, -0.2) is 4.98 Å². The van der Waals surface area contributed by atoms with Gasteiger partial charge >= 0.3 is 0 Å². The van der Waals surface area contributed by atoms with E-state index in [1.165, 1.54) is 33.7 Å². The van der Waals surface area contributed by atoms with Crippen LogP contribution in [-0.2, 0) is 13.0 Å². The van der Waals surface area contributed by atoms with Gasteiger partial charge in [-0.2, -0.15) is 0 Å². The normalized spacial score (nSPS) is 14.4. The first kappa shape index (κ1) is 17.3. The molecule has 140 valence electrons. The maximum absolute atomic E-state index is 12.5. The van der Waals surface area contributed by atoms with E-state index in [2.05, 4.69) is 40.8 Å². The van der Waals surface area contributed by atoms with Gasteiger partial charge in [-0.3, -0.25) is 4.79 Å². The van der Waals surface area contributed by atoms with Gasteiger partial charge in [0.2, 0.25) is 0 Å². The van der Waals surface area contributed by atoms with Gasteiger partial charge in [-0.05, 0) is 30.3 Å². The van der Waals surface area contributed by atoms with E-state index in [0.29, 0.717) is 0 Å². The minimum Gasteiger partial charge on any atom is -0.322 e. The molecule has 1 aliphatic rings. The molecule has 0 aliphatic carbocycles. The molecular weight excluding hydrogens is 366 g/mol. The molecule has 4 heterocycles. The number of rotatable bonds is 3. The summed E-state index contributed by atoms with van der Waals surface area (Å²) in [5.74, 6) is 0.0841. The third-order valence-electron chi connectivity index (χ3n) is 5.40. The third-order valence-corrected chi connectivity index (χ3v) is 6.58. The molecular formula is C23H21N3OS. The summed E-state index contributed by atoms with van der Waals surface area (Å²) in [6.07, 6.45) is 4.95. The van der Waals surface area contributed by atoms with E-state index >= 15 is 0 Å². The molecule has 5 rings (SSSR count). The van der Waals surface area contributed by atoms with E-state index in [4.69, 9.17) is 4.98 Å². The lowest BCUT2D eigenvalue weighted by atomic mass is 9.92. The molecule has 5 heteroatoms. The number of likely N-dealkylation sites (N-methyl/N-ethyl adjacent to an activating group) is 1. The monoisotopic (exact) mass is 387 g/mol. The van der Waals surface area contributed by atoms with Crippen LogP contribution in [-0.4, -0.2) is 33.8 Å². The molecule has 4 nitrogen and oxygen atoms in total. The van der Waals surface area contributed by atoms with E-state index in [1.807, 2.05) is 30.6 Å². The Balaban J connectivity index is 1.95. The second-order valence-electron chi connectivity index (χ2n) is 7.37. The Morgan fingerprint density at radius 2 is 1.86 bits per heavy atom. The molecule has 0 unspecified atom stereocenters. The van der Waals surface area contributed by atoms with E-state index in [9.17, 15) is 4.79 Å². The van der Waals surface area contributed by atoms with Crippen molar-refractivity contribution in [3.8, 4) is 16.8 Å². The molecule has 0 radical (unpaired) electrons. The van der Waals surface area contributed by atoms with Gasteiger partial charge in [0.25, 0.3) is 0 Å². The van der Waals surface area contributed by atoms with Crippen LogP contribution in [0.2, 0.25) is 0 Å². The number of carbonyl (C=O) groups is 1. The van der Waals surface area contributed by atoms with E-state index < -0.39 is 0 Å². The Morgan fingerprint density at radius 3 is 2.57 bits per heavy atom. The number of fused-ring (bicyclic) bond motifs is 2. The van der Waals surface area contributed by atoms with Crippen LogP contribution in [0, 0.1) is 0 Å². The van der Waals surface area contributed by atoms with Gasteiger partial charge < -0.3 is 9.47 Å². The highest BCUT2D eigenvalue weighted by Gasteiger charge is 2.27. The Bertz CT molecular complexity index is 1180. The highest BCUT2D eigenvalue weighted by molar-refractivity contribution is 7.21. The number of nitrogens with zero attached hydrogens (tertiary/aromatic N) is 3. The zero-order valence-corrected chi connectivity index (χ0v) is 16.8. The molecule has 4 aromatic rings. The Morgan fingerprint density at radius 1 is 1.11 bits per heavy atom. The summed E-state index contributed by atoms with van der Waals surface area (Å²) in [5, 5.41) is 1.09. The molecule has 1 aliphatic heterocycles. The SMILES string of the molecule is CC(=O)c1sc2nc3c(c(-c4ccccc4)c2c1-n1cccc1)CN(C)CC3. The van der Waals surface area contributed by atoms with Gasteiger partial charge in [0.05, 0.1) is 10.6 Å². The Hall–Kier alpha value is -2.76. The molecule has 0 fully saturated rings. The third kappa shape index (κ3) is 2.70. The van der Waals surface area contributed by atoms with Crippen LogP contribution in [0.5, 0.6) is 0 Å². The van der Waals surface area contributed by atoms with E-state index in [-0.39, 0.29) is 5.78 Å². The van der Waals surface area contributed by atoms with Gasteiger partial charge in [-0.15, -0.1) is 11.3 Å².